The highest BCUT2D eigenvalue weighted by Crippen LogP contribution is 2.12. The molecule has 0 saturated carbocycles. The van der Waals surface area contributed by atoms with E-state index in [4.69, 9.17) is 10.3 Å². The number of nitrogens with one attached hydrogen (secondary N) is 1. The van der Waals surface area contributed by atoms with Crippen LogP contribution in [0.5, 0.6) is 0 Å². The second-order valence-corrected chi connectivity index (χ2v) is 3.65. The maximum absolute atomic E-state index is 12.9. The third-order valence-corrected chi connectivity index (χ3v) is 2.23. The van der Waals surface area contributed by atoms with Gasteiger partial charge in [0.1, 0.15) is 5.82 Å². The fourth-order valence-electron chi connectivity index (χ4n) is 1.35. The molecule has 94 valence electrons. The Bertz CT molecular complexity index is 582. The van der Waals surface area contributed by atoms with Gasteiger partial charge in [0, 0.05) is 5.56 Å². The first-order valence-corrected chi connectivity index (χ1v) is 5.18. The molecule has 1 heterocycles. The lowest BCUT2D eigenvalue weighted by atomic mass is 10.2. The van der Waals surface area contributed by atoms with Crippen molar-refractivity contribution in [3.63, 3.8) is 0 Å². The van der Waals surface area contributed by atoms with Gasteiger partial charge in [-0.15, -0.1) is 0 Å². The van der Waals surface area contributed by atoms with Crippen LogP contribution in [0.2, 0.25) is 0 Å². The summed E-state index contributed by atoms with van der Waals surface area (Å²) in [5, 5.41) is 6.15. The predicted molar refractivity (Wildman–Crippen MR) is 61.0 cm³/mol. The van der Waals surface area contributed by atoms with Gasteiger partial charge < -0.3 is 15.6 Å². The van der Waals surface area contributed by atoms with Crippen LogP contribution in [0, 0.1) is 12.7 Å². The molecule has 1 amide bonds. The molecule has 0 spiro atoms. The Morgan fingerprint density at radius 1 is 1.56 bits per heavy atom. The van der Waals surface area contributed by atoms with Gasteiger partial charge >= 0.3 is 0 Å². The third kappa shape index (κ3) is 2.62. The molecule has 6 nitrogen and oxygen atoms in total. The SMILES string of the molecule is Cc1noc(CNC(=O)c2ccc(F)c(N)c2)n1. The van der Waals surface area contributed by atoms with Crippen LogP contribution in [-0.4, -0.2) is 16.0 Å². The number of carbonyl (C=O) groups is 1. The quantitative estimate of drug-likeness (QED) is 0.793. The van der Waals surface area contributed by atoms with E-state index in [-0.39, 0.29) is 17.8 Å². The van der Waals surface area contributed by atoms with Crippen LogP contribution in [0.15, 0.2) is 22.7 Å². The van der Waals surface area contributed by atoms with Crippen molar-refractivity contribution >= 4 is 11.6 Å². The molecule has 0 aliphatic carbocycles. The number of aromatic nitrogens is 2. The highest BCUT2D eigenvalue weighted by atomic mass is 19.1. The first-order chi connectivity index (χ1) is 8.56. The molecule has 0 atom stereocenters. The molecule has 0 saturated heterocycles. The van der Waals surface area contributed by atoms with Crippen molar-refractivity contribution in [2.24, 2.45) is 0 Å². The number of rotatable bonds is 3. The molecule has 0 bridgehead atoms. The summed E-state index contributed by atoms with van der Waals surface area (Å²) in [7, 11) is 0. The minimum atomic E-state index is -0.556. The standard InChI is InChI=1S/C11H11FN4O2/c1-6-15-10(18-16-6)5-14-11(17)7-2-3-8(12)9(13)4-7/h2-4H,5,13H2,1H3,(H,14,17). The first-order valence-electron chi connectivity index (χ1n) is 5.18. The number of hydrogen-bond acceptors (Lipinski definition) is 5. The number of hydrogen-bond donors (Lipinski definition) is 2. The zero-order valence-electron chi connectivity index (χ0n) is 9.61. The van der Waals surface area contributed by atoms with Gasteiger partial charge in [-0.25, -0.2) is 4.39 Å². The molecule has 2 rings (SSSR count). The van der Waals surface area contributed by atoms with Gasteiger partial charge in [0.05, 0.1) is 12.2 Å². The lowest BCUT2D eigenvalue weighted by molar-refractivity contribution is 0.0946. The summed E-state index contributed by atoms with van der Waals surface area (Å²) in [6, 6.07) is 3.75. The number of aryl methyl sites for hydroxylation is 1. The van der Waals surface area contributed by atoms with Crippen molar-refractivity contribution in [3.8, 4) is 0 Å². The number of anilines is 1. The fourth-order valence-corrected chi connectivity index (χ4v) is 1.35. The van der Waals surface area contributed by atoms with Crippen LogP contribution in [0.1, 0.15) is 22.1 Å². The Balaban J connectivity index is 2.01. The lowest BCUT2D eigenvalue weighted by Gasteiger charge is -2.03. The molecule has 0 fully saturated rings. The van der Waals surface area contributed by atoms with E-state index in [1.54, 1.807) is 6.92 Å². The highest BCUT2D eigenvalue weighted by Gasteiger charge is 2.09. The van der Waals surface area contributed by atoms with Crippen molar-refractivity contribution in [2.75, 3.05) is 5.73 Å². The van der Waals surface area contributed by atoms with E-state index in [1.807, 2.05) is 0 Å². The van der Waals surface area contributed by atoms with Gasteiger partial charge in [-0.3, -0.25) is 4.79 Å². The van der Waals surface area contributed by atoms with E-state index in [1.165, 1.54) is 12.1 Å². The maximum atomic E-state index is 12.9. The number of carbonyl (C=O) groups excluding carboxylic acids is 1. The van der Waals surface area contributed by atoms with E-state index in [0.717, 1.165) is 6.07 Å². The summed E-state index contributed by atoms with van der Waals surface area (Å²) in [4.78, 5) is 15.6. The first kappa shape index (κ1) is 12.0. The second kappa shape index (κ2) is 4.82. The lowest BCUT2D eigenvalue weighted by Crippen LogP contribution is -2.23. The van der Waals surface area contributed by atoms with E-state index in [2.05, 4.69) is 15.5 Å². The molecule has 3 N–H and O–H groups in total. The molecule has 1 aromatic heterocycles. The summed E-state index contributed by atoms with van der Waals surface area (Å²) >= 11 is 0. The minimum Gasteiger partial charge on any atom is -0.396 e. The molecular formula is C11H11FN4O2. The molecule has 18 heavy (non-hydrogen) atoms. The molecule has 0 radical (unpaired) electrons. The molecule has 2 aromatic rings. The zero-order chi connectivity index (χ0) is 13.1. The summed E-state index contributed by atoms with van der Waals surface area (Å²) in [6.45, 7) is 1.78. The van der Waals surface area contributed by atoms with Crippen molar-refractivity contribution in [1.29, 1.82) is 0 Å². The Morgan fingerprint density at radius 3 is 2.94 bits per heavy atom. The minimum absolute atomic E-state index is 0.0729. The average molecular weight is 250 g/mol. The van der Waals surface area contributed by atoms with Crippen molar-refractivity contribution in [3.05, 3.63) is 41.3 Å². The second-order valence-electron chi connectivity index (χ2n) is 3.65. The van der Waals surface area contributed by atoms with E-state index < -0.39 is 11.7 Å². The van der Waals surface area contributed by atoms with Crippen LogP contribution in [-0.2, 0) is 6.54 Å². The van der Waals surface area contributed by atoms with E-state index in [0.29, 0.717) is 11.7 Å². The van der Waals surface area contributed by atoms with Gasteiger partial charge in [-0.1, -0.05) is 5.16 Å². The Labute approximate surface area is 102 Å². The van der Waals surface area contributed by atoms with Gasteiger partial charge in [0.25, 0.3) is 5.91 Å². The molecule has 0 unspecified atom stereocenters. The fraction of sp³-hybridized carbons (Fsp3) is 0.182. The Kier molecular flexibility index (Phi) is 3.22. The van der Waals surface area contributed by atoms with Gasteiger partial charge in [0.2, 0.25) is 5.89 Å². The van der Waals surface area contributed by atoms with Gasteiger partial charge in [-0.2, -0.15) is 4.98 Å². The van der Waals surface area contributed by atoms with E-state index in [9.17, 15) is 9.18 Å². The smallest absolute Gasteiger partial charge is 0.251 e. The highest BCUT2D eigenvalue weighted by molar-refractivity contribution is 5.94. The van der Waals surface area contributed by atoms with Crippen LogP contribution in [0.4, 0.5) is 10.1 Å². The van der Waals surface area contributed by atoms with E-state index >= 15 is 0 Å². The third-order valence-electron chi connectivity index (χ3n) is 2.23. The maximum Gasteiger partial charge on any atom is 0.251 e. The van der Waals surface area contributed by atoms with Crippen LogP contribution < -0.4 is 11.1 Å². The van der Waals surface area contributed by atoms with Crippen molar-refractivity contribution in [1.82, 2.24) is 15.5 Å². The van der Waals surface area contributed by atoms with Crippen LogP contribution in [0.3, 0.4) is 0 Å². The predicted octanol–water partition coefficient (Wildman–Crippen LogP) is 1.03. The summed E-state index contributed by atoms with van der Waals surface area (Å²) in [5.74, 6) is -0.155. The molecule has 1 aromatic carbocycles. The van der Waals surface area contributed by atoms with Gasteiger partial charge in [-0.05, 0) is 25.1 Å². The Hall–Kier alpha value is -2.44. The van der Waals surface area contributed by atoms with Crippen molar-refractivity contribution in [2.45, 2.75) is 13.5 Å². The summed E-state index contributed by atoms with van der Waals surface area (Å²) in [6.07, 6.45) is 0. The number of nitrogens with two attached hydrogens (primary N) is 1. The average Bonchev–Trinajstić information content (AvgIpc) is 2.75. The zero-order valence-corrected chi connectivity index (χ0v) is 9.61. The molecule has 0 aliphatic heterocycles. The topological polar surface area (TPSA) is 94.0 Å². The normalized spacial score (nSPS) is 10.3. The number of halogens is 1. The molecule has 7 heteroatoms. The van der Waals surface area contributed by atoms with Gasteiger partial charge in [0.15, 0.2) is 5.82 Å². The van der Waals surface area contributed by atoms with Crippen LogP contribution >= 0.6 is 0 Å². The van der Waals surface area contributed by atoms with Crippen molar-refractivity contribution < 1.29 is 13.7 Å². The van der Waals surface area contributed by atoms with Crippen LogP contribution in [0.25, 0.3) is 0 Å². The molecular weight excluding hydrogens is 239 g/mol. The number of nitrogens with zero attached hydrogens (tertiary/aromatic N) is 2. The largest absolute Gasteiger partial charge is 0.396 e. The number of nitrogen functional groups attached to an aromatic ring is 1. The number of amides is 1. The monoisotopic (exact) mass is 250 g/mol. The Morgan fingerprint density at radius 2 is 2.33 bits per heavy atom. The summed E-state index contributed by atoms with van der Waals surface area (Å²) in [5.41, 5.74) is 5.57. The number of benzene rings is 1. The molecule has 0 aliphatic rings. The summed E-state index contributed by atoms with van der Waals surface area (Å²) < 4.78 is 17.8.